The van der Waals surface area contributed by atoms with Crippen LogP contribution in [0.4, 0.5) is 0 Å². The fourth-order valence-electron chi connectivity index (χ4n) is 3.46. The van der Waals surface area contributed by atoms with Gasteiger partial charge in [0.15, 0.2) is 0 Å². The summed E-state index contributed by atoms with van der Waals surface area (Å²) < 4.78 is 0. The van der Waals surface area contributed by atoms with Gasteiger partial charge in [0.25, 0.3) is 0 Å². The number of rotatable bonds is 3. The summed E-state index contributed by atoms with van der Waals surface area (Å²) in [6, 6.07) is 1.48. The Labute approximate surface area is 113 Å². The van der Waals surface area contributed by atoms with E-state index in [1.165, 1.54) is 51.9 Å². The van der Waals surface area contributed by atoms with Crippen LogP contribution in [0.25, 0.3) is 0 Å². The van der Waals surface area contributed by atoms with E-state index in [0.717, 1.165) is 6.04 Å². The molecule has 2 aliphatic rings. The monoisotopic (exact) mass is 253 g/mol. The molecular weight excluding hydrogens is 222 g/mol. The van der Waals surface area contributed by atoms with Gasteiger partial charge in [0.05, 0.1) is 0 Å². The van der Waals surface area contributed by atoms with E-state index < -0.39 is 0 Å². The number of nitrogens with zero attached hydrogens (tertiary/aromatic N) is 2. The highest BCUT2D eigenvalue weighted by molar-refractivity contribution is 4.91. The molecule has 0 aromatic heterocycles. The number of hydrogen-bond acceptors (Lipinski definition) is 3. The zero-order valence-electron chi connectivity index (χ0n) is 12.7. The molecule has 106 valence electrons. The Kier molecular flexibility index (Phi) is 4.68. The molecule has 2 aliphatic heterocycles. The van der Waals surface area contributed by atoms with Gasteiger partial charge in [0.2, 0.25) is 0 Å². The second-order valence-corrected chi connectivity index (χ2v) is 7.09. The van der Waals surface area contributed by atoms with Crippen LogP contribution in [0.1, 0.15) is 39.5 Å². The van der Waals surface area contributed by atoms with Crippen molar-refractivity contribution in [3.8, 4) is 0 Å². The van der Waals surface area contributed by atoms with E-state index >= 15 is 0 Å². The van der Waals surface area contributed by atoms with Crippen molar-refractivity contribution in [2.45, 2.75) is 51.6 Å². The molecule has 0 aromatic rings. The minimum absolute atomic E-state index is 0.469. The second-order valence-electron chi connectivity index (χ2n) is 7.09. The maximum atomic E-state index is 3.74. The van der Waals surface area contributed by atoms with Gasteiger partial charge >= 0.3 is 0 Å². The molecule has 1 N–H and O–H groups in total. The van der Waals surface area contributed by atoms with Gasteiger partial charge in [-0.3, -0.25) is 0 Å². The highest BCUT2D eigenvalue weighted by Gasteiger charge is 2.33. The van der Waals surface area contributed by atoms with Crippen molar-refractivity contribution in [1.82, 2.24) is 15.1 Å². The normalized spacial score (nSPS) is 30.8. The maximum Gasteiger partial charge on any atom is 0.0246 e. The van der Waals surface area contributed by atoms with E-state index in [4.69, 9.17) is 0 Å². The van der Waals surface area contributed by atoms with Crippen LogP contribution in [0.15, 0.2) is 0 Å². The number of nitrogens with one attached hydrogen (secondary N) is 1. The first kappa shape index (κ1) is 14.3. The molecule has 2 heterocycles. The molecule has 0 aliphatic carbocycles. The van der Waals surface area contributed by atoms with Gasteiger partial charge in [-0.15, -0.1) is 0 Å². The van der Waals surface area contributed by atoms with E-state index in [-0.39, 0.29) is 0 Å². The minimum Gasteiger partial charge on any atom is -0.312 e. The summed E-state index contributed by atoms with van der Waals surface area (Å²) in [4.78, 5) is 5.06. The van der Waals surface area contributed by atoms with E-state index in [9.17, 15) is 0 Å². The van der Waals surface area contributed by atoms with E-state index in [1.807, 2.05) is 0 Å². The Hall–Kier alpha value is -0.120. The summed E-state index contributed by atoms with van der Waals surface area (Å²) in [7, 11) is 4.43. The average Bonchev–Trinajstić information content (AvgIpc) is 2.32. The summed E-state index contributed by atoms with van der Waals surface area (Å²) in [6.45, 7) is 9.86. The number of hydrogen-bond donors (Lipinski definition) is 1. The fraction of sp³-hybridized carbons (Fsp3) is 1.00. The van der Waals surface area contributed by atoms with Crippen molar-refractivity contribution in [3.05, 3.63) is 0 Å². The van der Waals surface area contributed by atoms with Crippen LogP contribution in [0.2, 0.25) is 0 Å². The molecule has 0 aromatic carbocycles. The molecular formula is C15H31N3. The van der Waals surface area contributed by atoms with E-state index in [2.05, 4.69) is 43.1 Å². The summed E-state index contributed by atoms with van der Waals surface area (Å²) in [6.07, 6.45) is 5.38. The van der Waals surface area contributed by atoms with Gasteiger partial charge in [0, 0.05) is 18.6 Å². The average molecular weight is 253 g/mol. The third-order valence-corrected chi connectivity index (χ3v) is 5.06. The second kappa shape index (κ2) is 5.89. The summed E-state index contributed by atoms with van der Waals surface area (Å²) in [5.41, 5.74) is 0.469. The number of piperidine rings is 2. The van der Waals surface area contributed by atoms with Gasteiger partial charge in [-0.1, -0.05) is 13.8 Å². The predicted molar refractivity (Wildman–Crippen MR) is 78.0 cm³/mol. The van der Waals surface area contributed by atoms with E-state index in [1.54, 1.807) is 0 Å². The largest absolute Gasteiger partial charge is 0.312 e. The summed E-state index contributed by atoms with van der Waals surface area (Å²) >= 11 is 0. The van der Waals surface area contributed by atoms with Gasteiger partial charge in [0.1, 0.15) is 0 Å². The maximum absolute atomic E-state index is 3.74. The zero-order valence-corrected chi connectivity index (χ0v) is 12.7. The molecule has 1 atom stereocenters. The lowest BCUT2D eigenvalue weighted by Gasteiger charge is -2.44. The molecule has 3 nitrogen and oxygen atoms in total. The smallest absolute Gasteiger partial charge is 0.0246 e. The van der Waals surface area contributed by atoms with Gasteiger partial charge in [-0.05, 0) is 64.8 Å². The third-order valence-electron chi connectivity index (χ3n) is 5.06. The molecule has 0 saturated carbocycles. The molecule has 2 saturated heterocycles. The van der Waals surface area contributed by atoms with Crippen LogP contribution in [-0.4, -0.2) is 62.2 Å². The quantitative estimate of drug-likeness (QED) is 0.827. The molecule has 2 fully saturated rings. The molecule has 0 amide bonds. The van der Waals surface area contributed by atoms with Crippen LogP contribution < -0.4 is 5.32 Å². The molecule has 1 unspecified atom stereocenters. The molecule has 18 heavy (non-hydrogen) atoms. The summed E-state index contributed by atoms with van der Waals surface area (Å²) in [5.74, 6) is 0. The Morgan fingerprint density at radius 3 is 2.44 bits per heavy atom. The van der Waals surface area contributed by atoms with Crippen molar-refractivity contribution in [2.75, 3.05) is 40.3 Å². The summed E-state index contributed by atoms with van der Waals surface area (Å²) in [5, 5.41) is 3.74. The zero-order chi connectivity index (χ0) is 13.2. The lowest BCUT2D eigenvalue weighted by atomic mass is 9.77. The van der Waals surface area contributed by atoms with Crippen molar-refractivity contribution in [3.63, 3.8) is 0 Å². The predicted octanol–water partition coefficient (Wildman–Crippen LogP) is 1.79. The van der Waals surface area contributed by atoms with Crippen LogP contribution in [0, 0.1) is 5.41 Å². The lowest BCUT2D eigenvalue weighted by molar-refractivity contribution is 0.0918. The highest BCUT2D eigenvalue weighted by atomic mass is 15.2. The van der Waals surface area contributed by atoms with Crippen molar-refractivity contribution < 1.29 is 0 Å². The van der Waals surface area contributed by atoms with Gasteiger partial charge < -0.3 is 15.1 Å². The Balaban J connectivity index is 1.80. The van der Waals surface area contributed by atoms with Crippen molar-refractivity contribution in [2.24, 2.45) is 5.41 Å². The first-order valence-electron chi connectivity index (χ1n) is 7.61. The topological polar surface area (TPSA) is 18.5 Å². The molecule has 0 spiro atoms. The van der Waals surface area contributed by atoms with Crippen LogP contribution in [0.5, 0.6) is 0 Å². The Morgan fingerprint density at radius 2 is 1.89 bits per heavy atom. The van der Waals surface area contributed by atoms with Crippen LogP contribution >= 0.6 is 0 Å². The van der Waals surface area contributed by atoms with Crippen LogP contribution in [-0.2, 0) is 0 Å². The molecule has 3 heteroatoms. The Morgan fingerprint density at radius 1 is 1.22 bits per heavy atom. The molecule has 2 rings (SSSR count). The van der Waals surface area contributed by atoms with Gasteiger partial charge in [-0.2, -0.15) is 0 Å². The first-order valence-corrected chi connectivity index (χ1v) is 7.61. The minimum atomic E-state index is 0.469. The lowest BCUT2D eigenvalue weighted by Crippen LogP contribution is -2.54. The Bertz CT molecular complexity index is 254. The molecule has 0 radical (unpaired) electrons. The van der Waals surface area contributed by atoms with Gasteiger partial charge in [-0.25, -0.2) is 0 Å². The standard InChI is InChI=1S/C15H31N3/c1-15(2)8-5-9-16-14(15)12-18-10-6-13(7-11-18)17(3)4/h13-14,16H,5-12H2,1-4H3. The fourth-order valence-corrected chi connectivity index (χ4v) is 3.46. The van der Waals surface area contributed by atoms with E-state index in [0.29, 0.717) is 11.5 Å². The highest BCUT2D eigenvalue weighted by Crippen LogP contribution is 2.31. The first-order chi connectivity index (χ1) is 8.49. The SMILES string of the molecule is CN(C)C1CCN(CC2NCCCC2(C)C)CC1. The molecule has 0 bridgehead atoms. The number of likely N-dealkylation sites (tertiary alicyclic amines) is 1. The third kappa shape index (κ3) is 3.46. The van der Waals surface area contributed by atoms with Crippen molar-refractivity contribution in [1.29, 1.82) is 0 Å². The van der Waals surface area contributed by atoms with Crippen molar-refractivity contribution >= 4 is 0 Å². The van der Waals surface area contributed by atoms with Crippen LogP contribution in [0.3, 0.4) is 0 Å².